The molecule has 37 heavy (non-hydrogen) atoms. The number of hydrogen-bond acceptors (Lipinski definition) is 7. The summed E-state index contributed by atoms with van der Waals surface area (Å²) in [5, 5.41) is 43.9. The maximum atomic E-state index is 13.7. The van der Waals surface area contributed by atoms with Crippen LogP contribution in [-0.2, 0) is 20.7 Å². The number of Topliss-reactive ketones (excluding diaryl/α,β-unsaturated/α-hetero) is 1. The summed E-state index contributed by atoms with van der Waals surface area (Å²) < 4.78 is 5.77. The third-order valence-electron chi connectivity index (χ3n) is 8.40. The summed E-state index contributed by atoms with van der Waals surface area (Å²) in [6, 6.07) is 4.28. The molecule has 1 aromatic rings. The topological polar surface area (TPSA) is 150 Å². The lowest BCUT2D eigenvalue weighted by molar-refractivity contribution is -0.934. The number of hydrogen-bond donors (Lipinski definition) is 5. The van der Waals surface area contributed by atoms with Crippen LogP contribution in [0, 0.1) is 11.8 Å². The van der Waals surface area contributed by atoms with Crippen LogP contribution in [0.2, 0.25) is 0 Å². The van der Waals surface area contributed by atoms with E-state index in [0.717, 1.165) is 18.4 Å². The Hall–Kier alpha value is -3.30. The Morgan fingerprint density at radius 3 is 2.27 bits per heavy atom. The van der Waals surface area contributed by atoms with Gasteiger partial charge in [-0.2, -0.15) is 0 Å². The first kappa shape index (κ1) is 26.8. The minimum absolute atomic E-state index is 0.0540. The smallest absolute Gasteiger partial charge is 0.256 e. The molecule has 3 atom stereocenters. The average Bonchev–Trinajstić information content (AvgIpc) is 2.85. The van der Waals surface area contributed by atoms with E-state index >= 15 is 0 Å². The number of fused-ring (bicyclic) bond motifs is 3. The van der Waals surface area contributed by atoms with Crippen molar-refractivity contribution in [2.24, 2.45) is 17.6 Å². The van der Waals surface area contributed by atoms with Crippen LogP contribution in [-0.4, -0.2) is 76.0 Å². The van der Waals surface area contributed by atoms with E-state index in [-0.39, 0.29) is 50.4 Å². The predicted octanol–water partition coefficient (Wildman–Crippen LogP) is 3.20. The molecule has 0 bridgehead atoms. The van der Waals surface area contributed by atoms with E-state index in [0.29, 0.717) is 26.1 Å². The Balaban J connectivity index is 0.00000156. The number of phenols is 1. The molecule has 5 rings (SSSR count). The van der Waals surface area contributed by atoms with Crippen molar-refractivity contribution in [3.63, 3.8) is 0 Å². The SMILES string of the molecule is CC.C[N+](C)(C1CCOCC1)C1C(=O)C(C(N)=O)=C(O)C2=C(O)C3=C(O)c4c(O)cccc4CC3CC21. The number of allylic oxidation sites excluding steroid dienone is 2. The van der Waals surface area contributed by atoms with Crippen LogP contribution in [0.1, 0.15) is 44.2 Å². The second-order valence-electron chi connectivity index (χ2n) is 10.4. The molecule has 0 aromatic heterocycles. The molecule has 1 saturated heterocycles. The number of ether oxygens (including phenoxy) is 1. The van der Waals surface area contributed by atoms with Gasteiger partial charge >= 0.3 is 0 Å². The number of phenolic OH excluding ortho intramolecular Hbond substituents is 1. The van der Waals surface area contributed by atoms with Crippen LogP contribution in [0.4, 0.5) is 0 Å². The highest BCUT2D eigenvalue weighted by atomic mass is 16.5. The van der Waals surface area contributed by atoms with Gasteiger partial charge in [-0.3, -0.25) is 9.59 Å². The molecule has 200 valence electrons. The Bertz CT molecular complexity index is 1220. The highest BCUT2D eigenvalue weighted by Gasteiger charge is 2.57. The summed E-state index contributed by atoms with van der Waals surface area (Å²) in [4.78, 5) is 26.0. The molecule has 0 saturated carbocycles. The van der Waals surface area contributed by atoms with Crippen LogP contribution in [0.25, 0.3) is 5.76 Å². The van der Waals surface area contributed by atoms with Gasteiger partial charge in [0, 0.05) is 24.0 Å². The number of rotatable bonds is 3. The lowest BCUT2D eigenvalue weighted by Crippen LogP contribution is -2.65. The molecule has 9 heteroatoms. The lowest BCUT2D eigenvalue weighted by Gasteiger charge is -2.51. The number of aliphatic hydroxyl groups is 3. The number of aliphatic hydroxyl groups excluding tert-OH is 3. The van der Waals surface area contributed by atoms with E-state index in [2.05, 4.69) is 0 Å². The third kappa shape index (κ3) is 4.10. The molecule has 1 aliphatic heterocycles. The van der Waals surface area contributed by atoms with Crippen molar-refractivity contribution in [3.8, 4) is 5.75 Å². The second kappa shape index (κ2) is 9.87. The number of primary amides is 1. The number of amides is 1. The molecule has 4 aliphatic rings. The first-order valence-electron chi connectivity index (χ1n) is 12.9. The molecule has 0 radical (unpaired) electrons. The van der Waals surface area contributed by atoms with Crippen molar-refractivity contribution in [2.75, 3.05) is 27.3 Å². The van der Waals surface area contributed by atoms with Gasteiger partial charge in [-0.25, -0.2) is 0 Å². The van der Waals surface area contributed by atoms with E-state index in [1.165, 1.54) is 6.07 Å². The van der Waals surface area contributed by atoms with Gasteiger partial charge in [0.05, 0.1) is 44.8 Å². The van der Waals surface area contributed by atoms with E-state index in [1.807, 2.05) is 34.0 Å². The van der Waals surface area contributed by atoms with Gasteiger partial charge in [-0.1, -0.05) is 26.0 Å². The normalized spacial score (nSPS) is 26.2. The average molecular weight is 514 g/mol. The van der Waals surface area contributed by atoms with Crippen LogP contribution in [0.3, 0.4) is 0 Å². The molecule has 1 heterocycles. The molecule has 1 fully saturated rings. The van der Waals surface area contributed by atoms with Gasteiger partial charge in [0.15, 0.2) is 6.04 Å². The number of quaternary nitrogens is 1. The fourth-order valence-corrected chi connectivity index (χ4v) is 6.72. The highest BCUT2D eigenvalue weighted by molar-refractivity contribution is 6.22. The fourth-order valence-electron chi connectivity index (χ4n) is 6.72. The van der Waals surface area contributed by atoms with Crippen molar-refractivity contribution in [1.82, 2.24) is 0 Å². The standard InChI is InChI=1S/C26H30N2O7.C2H6/c1-28(2,14-6-8-35-9-7-14)21-15-11-13-10-12-4-3-5-16(29)17(12)22(30)18(13)23(31)19(15)24(32)20(25(21)33)26(27)34;1-2/h3-5,13-15,21H,6-11H2,1-2H3,(H5-,27,29,30,31,32,33,34);1-2H3/p+1. The van der Waals surface area contributed by atoms with Gasteiger partial charge in [0.2, 0.25) is 5.78 Å². The van der Waals surface area contributed by atoms with Crippen LogP contribution in [0.15, 0.2) is 46.4 Å². The Labute approximate surface area is 216 Å². The molecule has 3 unspecified atom stereocenters. The summed E-state index contributed by atoms with van der Waals surface area (Å²) in [5.74, 6) is -3.90. The maximum Gasteiger partial charge on any atom is 0.256 e. The predicted molar refractivity (Wildman–Crippen MR) is 138 cm³/mol. The number of ketones is 1. The number of nitrogens with zero attached hydrogens (tertiary/aromatic N) is 1. The number of carbonyl (C=O) groups excluding carboxylic acids is 2. The first-order chi connectivity index (χ1) is 17.6. The van der Waals surface area contributed by atoms with Gasteiger partial charge in [0.1, 0.15) is 28.6 Å². The zero-order chi connectivity index (χ0) is 27.2. The van der Waals surface area contributed by atoms with Gasteiger partial charge < -0.3 is 35.4 Å². The summed E-state index contributed by atoms with van der Waals surface area (Å²) in [6.07, 6.45) is 2.28. The number of carbonyl (C=O) groups is 2. The molecule has 9 nitrogen and oxygen atoms in total. The van der Waals surface area contributed by atoms with Gasteiger partial charge in [-0.05, 0) is 30.4 Å². The maximum absolute atomic E-state index is 13.7. The summed E-state index contributed by atoms with van der Waals surface area (Å²) >= 11 is 0. The Morgan fingerprint density at radius 1 is 1.00 bits per heavy atom. The largest absolute Gasteiger partial charge is 0.507 e. The molecular weight excluding hydrogens is 476 g/mol. The fraction of sp³-hybridized carbons (Fsp3) is 0.500. The number of nitrogens with two attached hydrogens (primary N) is 1. The van der Waals surface area contributed by atoms with E-state index in [4.69, 9.17) is 10.5 Å². The molecule has 3 aliphatic carbocycles. The molecule has 0 spiro atoms. The second-order valence-corrected chi connectivity index (χ2v) is 10.4. The summed E-state index contributed by atoms with van der Waals surface area (Å²) in [7, 11) is 3.87. The highest BCUT2D eigenvalue weighted by Crippen LogP contribution is 2.52. The minimum Gasteiger partial charge on any atom is -0.507 e. The zero-order valence-electron chi connectivity index (χ0n) is 21.8. The summed E-state index contributed by atoms with van der Waals surface area (Å²) in [5.41, 5.74) is 6.25. The van der Waals surface area contributed by atoms with Crippen molar-refractivity contribution >= 4 is 17.4 Å². The molecule has 1 aromatic carbocycles. The first-order valence-corrected chi connectivity index (χ1v) is 12.9. The van der Waals surface area contributed by atoms with Gasteiger partial charge in [-0.15, -0.1) is 0 Å². The molecule has 6 N–H and O–H groups in total. The molecule has 1 amide bonds. The minimum atomic E-state index is -1.06. The lowest BCUT2D eigenvalue weighted by atomic mass is 9.64. The monoisotopic (exact) mass is 513 g/mol. The quantitative estimate of drug-likeness (QED) is 0.308. The zero-order valence-corrected chi connectivity index (χ0v) is 21.8. The third-order valence-corrected chi connectivity index (χ3v) is 8.40. The van der Waals surface area contributed by atoms with E-state index < -0.39 is 35.0 Å². The van der Waals surface area contributed by atoms with Crippen molar-refractivity contribution < 1.29 is 39.2 Å². The number of benzene rings is 1. The molecular formula is C28H37N2O7+. The van der Waals surface area contributed by atoms with Crippen LogP contribution >= 0.6 is 0 Å². The van der Waals surface area contributed by atoms with Crippen LogP contribution in [0.5, 0.6) is 5.75 Å². The summed E-state index contributed by atoms with van der Waals surface area (Å²) in [6.45, 7) is 5.14. The van der Waals surface area contributed by atoms with Crippen LogP contribution < -0.4 is 5.73 Å². The number of likely N-dealkylation sites (N-methyl/N-ethyl adjacent to an activating group) is 1. The Morgan fingerprint density at radius 2 is 1.65 bits per heavy atom. The van der Waals surface area contributed by atoms with Crippen molar-refractivity contribution in [1.29, 1.82) is 0 Å². The van der Waals surface area contributed by atoms with Crippen molar-refractivity contribution in [3.05, 3.63) is 57.6 Å². The van der Waals surface area contributed by atoms with Crippen molar-refractivity contribution in [2.45, 2.75) is 51.6 Å². The van der Waals surface area contributed by atoms with E-state index in [1.54, 1.807) is 6.07 Å². The Kier molecular flexibility index (Phi) is 7.14. The van der Waals surface area contributed by atoms with E-state index in [9.17, 15) is 30.0 Å². The van der Waals surface area contributed by atoms with Gasteiger partial charge in [0.25, 0.3) is 5.91 Å². The number of aromatic hydroxyl groups is 1.